The minimum Gasteiger partial charge on any atom is -0.371 e. The van der Waals surface area contributed by atoms with Crippen LogP contribution >= 0.6 is 0 Å². The minimum absolute atomic E-state index is 0.374. The van der Waals surface area contributed by atoms with E-state index in [0.717, 1.165) is 26.0 Å². The molecule has 3 heterocycles. The summed E-state index contributed by atoms with van der Waals surface area (Å²) in [5.74, 6) is 0. The van der Waals surface area contributed by atoms with Gasteiger partial charge in [0, 0.05) is 11.9 Å². The maximum absolute atomic E-state index is 5.42. The third kappa shape index (κ3) is 2.00. The lowest BCUT2D eigenvalue weighted by Gasteiger charge is -2.25. The number of fused-ring (bicyclic) bond motifs is 2. The van der Waals surface area contributed by atoms with Gasteiger partial charge in [0.2, 0.25) is 0 Å². The predicted octanol–water partition coefficient (Wildman–Crippen LogP) is 2.72. The largest absolute Gasteiger partial charge is 0.371 e. The van der Waals surface area contributed by atoms with Gasteiger partial charge in [-0.3, -0.25) is 4.98 Å². The van der Waals surface area contributed by atoms with E-state index >= 15 is 0 Å². The third-order valence-corrected chi connectivity index (χ3v) is 3.86. The molecule has 2 aromatic rings. The first-order valence-corrected chi connectivity index (χ1v) is 6.83. The molecule has 1 atom stereocenters. The molecule has 0 radical (unpaired) electrons. The molecule has 0 amide bonds. The van der Waals surface area contributed by atoms with Gasteiger partial charge in [-0.2, -0.15) is 0 Å². The molecule has 96 valence electrons. The van der Waals surface area contributed by atoms with Crippen molar-refractivity contribution in [3.05, 3.63) is 53.9 Å². The normalized spacial score (nSPS) is 20.4. The topological polar surface area (TPSA) is 28.7 Å². The van der Waals surface area contributed by atoms with Crippen LogP contribution in [0.15, 0.2) is 42.6 Å². The Hall–Kier alpha value is -1.87. The fraction of sp³-hybridized carbons (Fsp3) is 0.312. The Morgan fingerprint density at radius 1 is 1.11 bits per heavy atom. The number of benzene rings is 1. The Balaban J connectivity index is 1.84. The van der Waals surface area contributed by atoms with Crippen LogP contribution in [0.5, 0.6) is 0 Å². The van der Waals surface area contributed by atoms with Crippen LogP contribution in [-0.2, 0) is 17.6 Å². The summed E-state index contributed by atoms with van der Waals surface area (Å²) < 4.78 is 5.42. The summed E-state index contributed by atoms with van der Waals surface area (Å²) in [4.78, 5) is 6.94. The second-order valence-electron chi connectivity index (χ2n) is 5.16. The van der Waals surface area contributed by atoms with Gasteiger partial charge < -0.3 is 9.64 Å². The molecule has 1 saturated heterocycles. The fourth-order valence-corrected chi connectivity index (χ4v) is 2.81. The maximum Gasteiger partial charge on any atom is 0.0988 e. The molecule has 2 aliphatic rings. The number of ether oxygens (including phenoxy) is 1. The van der Waals surface area contributed by atoms with Crippen LogP contribution in [0.4, 0.5) is 11.4 Å². The number of pyridine rings is 1. The second kappa shape index (κ2) is 4.35. The van der Waals surface area contributed by atoms with Gasteiger partial charge >= 0.3 is 0 Å². The Morgan fingerprint density at radius 2 is 1.95 bits per heavy atom. The number of para-hydroxylation sites is 1. The minimum atomic E-state index is 0.374. The summed E-state index contributed by atoms with van der Waals surface area (Å²) in [7, 11) is 0. The van der Waals surface area contributed by atoms with E-state index in [0.29, 0.717) is 6.10 Å². The number of epoxide rings is 1. The molecule has 1 aromatic carbocycles. The zero-order valence-corrected chi connectivity index (χ0v) is 10.7. The van der Waals surface area contributed by atoms with Crippen molar-refractivity contribution in [3.8, 4) is 0 Å². The molecule has 4 rings (SSSR count). The standard InChI is InChI=1S/C16H16N2O/c1-2-5-15-12(4-1)7-8-14-16(6-3-9-17-14)18(15)10-13-11-19-13/h1-6,9,13H,7-8,10-11H2. The van der Waals surface area contributed by atoms with Gasteiger partial charge in [-0.1, -0.05) is 18.2 Å². The molecule has 0 N–H and O–H groups in total. The van der Waals surface area contributed by atoms with E-state index in [4.69, 9.17) is 4.74 Å². The molecule has 0 spiro atoms. The highest BCUT2D eigenvalue weighted by Crippen LogP contribution is 2.36. The Labute approximate surface area is 112 Å². The number of aromatic nitrogens is 1. The third-order valence-electron chi connectivity index (χ3n) is 3.86. The average Bonchev–Trinajstić information content (AvgIpc) is 3.28. The van der Waals surface area contributed by atoms with E-state index in [1.54, 1.807) is 0 Å². The van der Waals surface area contributed by atoms with Crippen molar-refractivity contribution in [2.75, 3.05) is 18.1 Å². The van der Waals surface area contributed by atoms with Crippen molar-refractivity contribution in [1.29, 1.82) is 0 Å². The first-order chi connectivity index (χ1) is 9.42. The van der Waals surface area contributed by atoms with Crippen molar-refractivity contribution in [2.45, 2.75) is 18.9 Å². The lowest BCUT2D eigenvalue weighted by Crippen LogP contribution is -2.23. The summed E-state index contributed by atoms with van der Waals surface area (Å²) in [6, 6.07) is 12.9. The second-order valence-corrected chi connectivity index (χ2v) is 5.16. The van der Waals surface area contributed by atoms with Crippen molar-refractivity contribution in [2.24, 2.45) is 0 Å². The quantitative estimate of drug-likeness (QED) is 0.769. The summed E-state index contributed by atoms with van der Waals surface area (Å²) in [6.45, 7) is 1.81. The van der Waals surface area contributed by atoms with Crippen LogP contribution in [0.25, 0.3) is 0 Å². The van der Waals surface area contributed by atoms with Gasteiger partial charge in [0.1, 0.15) is 0 Å². The van der Waals surface area contributed by atoms with E-state index in [-0.39, 0.29) is 0 Å². The van der Waals surface area contributed by atoms with Gasteiger partial charge in [-0.15, -0.1) is 0 Å². The van der Waals surface area contributed by atoms with E-state index in [9.17, 15) is 0 Å². The molecular formula is C16H16N2O. The molecule has 2 aliphatic heterocycles. The monoisotopic (exact) mass is 252 g/mol. The highest BCUT2D eigenvalue weighted by Gasteiger charge is 2.29. The molecule has 1 aromatic heterocycles. The van der Waals surface area contributed by atoms with Gasteiger partial charge in [-0.05, 0) is 36.6 Å². The Bertz CT molecular complexity index is 560. The Kier molecular flexibility index (Phi) is 2.52. The van der Waals surface area contributed by atoms with Crippen molar-refractivity contribution >= 4 is 11.4 Å². The molecule has 0 bridgehead atoms. The van der Waals surface area contributed by atoms with Gasteiger partial charge in [0.15, 0.2) is 0 Å². The van der Waals surface area contributed by atoms with Crippen LogP contribution in [0, 0.1) is 0 Å². The zero-order valence-electron chi connectivity index (χ0n) is 10.7. The van der Waals surface area contributed by atoms with E-state index in [1.807, 2.05) is 12.3 Å². The smallest absolute Gasteiger partial charge is 0.0988 e. The number of nitrogens with zero attached hydrogens (tertiary/aromatic N) is 2. The SMILES string of the molecule is c1ccc2c(c1)CCc1ncccc1N2CC1CO1. The molecule has 3 nitrogen and oxygen atoms in total. The fourth-order valence-electron chi connectivity index (χ4n) is 2.81. The van der Waals surface area contributed by atoms with Crippen LogP contribution < -0.4 is 4.90 Å². The van der Waals surface area contributed by atoms with Crippen LogP contribution in [0.3, 0.4) is 0 Å². The summed E-state index contributed by atoms with van der Waals surface area (Å²) >= 11 is 0. The van der Waals surface area contributed by atoms with Crippen molar-refractivity contribution in [3.63, 3.8) is 0 Å². The molecule has 1 unspecified atom stereocenters. The molecule has 0 aliphatic carbocycles. The highest BCUT2D eigenvalue weighted by atomic mass is 16.6. The molecule has 1 fully saturated rings. The lowest BCUT2D eigenvalue weighted by atomic mass is 10.1. The molecule has 3 heteroatoms. The first kappa shape index (κ1) is 11.0. The highest BCUT2D eigenvalue weighted by molar-refractivity contribution is 5.70. The van der Waals surface area contributed by atoms with E-state index in [2.05, 4.69) is 40.2 Å². The van der Waals surface area contributed by atoms with Gasteiger partial charge in [0.25, 0.3) is 0 Å². The van der Waals surface area contributed by atoms with Gasteiger partial charge in [-0.25, -0.2) is 0 Å². The van der Waals surface area contributed by atoms with Gasteiger partial charge in [0.05, 0.1) is 30.6 Å². The average molecular weight is 252 g/mol. The maximum atomic E-state index is 5.42. The van der Waals surface area contributed by atoms with Crippen LogP contribution in [0.2, 0.25) is 0 Å². The van der Waals surface area contributed by atoms with Crippen LogP contribution in [-0.4, -0.2) is 24.2 Å². The number of rotatable bonds is 2. The van der Waals surface area contributed by atoms with Crippen LogP contribution in [0.1, 0.15) is 11.3 Å². The van der Waals surface area contributed by atoms with Crippen molar-refractivity contribution < 1.29 is 4.74 Å². The number of anilines is 2. The predicted molar refractivity (Wildman–Crippen MR) is 74.8 cm³/mol. The Morgan fingerprint density at radius 3 is 2.84 bits per heavy atom. The first-order valence-electron chi connectivity index (χ1n) is 6.83. The molecule has 0 saturated carbocycles. The summed E-state index contributed by atoms with van der Waals surface area (Å²) in [6.07, 6.45) is 4.33. The molecular weight excluding hydrogens is 236 g/mol. The van der Waals surface area contributed by atoms with E-state index in [1.165, 1.54) is 22.6 Å². The molecule has 19 heavy (non-hydrogen) atoms. The lowest BCUT2D eigenvalue weighted by molar-refractivity contribution is 0.411. The summed E-state index contributed by atoms with van der Waals surface area (Å²) in [5, 5.41) is 0. The number of hydrogen-bond acceptors (Lipinski definition) is 3. The van der Waals surface area contributed by atoms with E-state index < -0.39 is 0 Å². The zero-order chi connectivity index (χ0) is 12.7. The number of aryl methyl sites for hydroxylation is 2. The number of hydrogen-bond donors (Lipinski definition) is 0. The summed E-state index contributed by atoms with van der Waals surface area (Å²) in [5.41, 5.74) is 5.15. The van der Waals surface area contributed by atoms with Crippen molar-refractivity contribution in [1.82, 2.24) is 4.98 Å².